The first-order chi connectivity index (χ1) is 11.0. The minimum absolute atomic E-state index is 0.361. The van der Waals surface area contributed by atoms with E-state index in [0.29, 0.717) is 29.5 Å². The molecule has 0 aromatic heterocycles. The molecule has 1 atom stereocenters. The summed E-state index contributed by atoms with van der Waals surface area (Å²) in [5, 5.41) is 10.1. The molecule has 0 amide bonds. The molecular formula is C18H19ClO4. The molecule has 122 valence electrons. The van der Waals surface area contributed by atoms with Gasteiger partial charge in [-0.3, -0.25) is 4.79 Å². The maximum atomic E-state index is 11.6. The van der Waals surface area contributed by atoms with E-state index in [1.165, 1.54) is 0 Å². The van der Waals surface area contributed by atoms with E-state index in [0.717, 1.165) is 11.1 Å². The van der Waals surface area contributed by atoms with Gasteiger partial charge in [-0.05, 0) is 48.7 Å². The first-order valence-electron chi connectivity index (χ1n) is 7.33. The number of ether oxygens (including phenoxy) is 2. The van der Waals surface area contributed by atoms with Crippen molar-refractivity contribution in [2.45, 2.75) is 19.3 Å². The predicted octanol–water partition coefficient (Wildman–Crippen LogP) is 4.16. The Morgan fingerprint density at radius 3 is 2.43 bits per heavy atom. The molecule has 23 heavy (non-hydrogen) atoms. The number of rotatable bonds is 7. The molecule has 2 aromatic carbocycles. The predicted molar refractivity (Wildman–Crippen MR) is 89.7 cm³/mol. The van der Waals surface area contributed by atoms with Crippen LogP contribution in [0.1, 0.15) is 24.0 Å². The summed E-state index contributed by atoms with van der Waals surface area (Å²) in [4.78, 5) is 11.6. The zero-order valence-corrected chi connectivity index (χ0v) is 13.8. The van der Waals surface area contributed by atoms with Crippen LogP contribution in [0, 0.1) is 0 Å². The molecule has 0 aliphatic carbocycles. The van der Waals surface area contributed by atoms with Gasteiger partial charge in [0.1, 0.15) is 0 Å². The topological polar surface area (TPSA) is 55.8 Å². The Bertz CT molecular complexity index is 667. The van der Waals surface area contributed by atoms with Crippen LogP contribution in [0.25, 0.3) is 0 Å². The quantitative estimate of drug-likeness (QED) is 0.826. The highest BCUT2D eigenvalue weighted by atomic mass is 35.5. The number of halogens is 1. The van der Waals surface area contributed by atoms with E-state index in [2.05, 4.69) is 0 Å². The molecule has 5 heteroatoms. The van der Waals surface area contributed by atoms with Gasteiger partial charge in [-0.25, -0.2) is 0 Å². The molecular weight excluding hydrogens is 316 g/mol. The van der Waals surface area contributed by atoms with E-state index < -0.39 is 11.9 Å². The molecule has 0 radical (unpaired) electrons. The van der Waals surface area contributed by atoms with Crippen molar-refractivity contribution in [3.63, 3.8) is 0 Å². The Morgan fingerprint density at radius 1 is 1.17 bits per heavy atom. The molecule has 0 aliphatic heterocycles. The van der Waals surface area contributed by atoms with Crippen molar-refractivity contribution in [1.29, 1.82) is 0 Å². The molecule has 0 fully saturated rings. The van der Waals surface area contributed by atoms with E-state index in [1.54, 1.807) is 37.4 Å². The normalized spacial score (nSPS) is 11.8. The fourth-order valence-corrected chi connectivity index (χ4v) is 2.52. The summed E-state index contributed by atoms with van der Waals surface area (Å²) < 4.78 is 10.8. The molecule has 0 heterocycles. The highest BCUT2D eigenvalue weighted by molar-refractivity contribution is 6.30. The average Bonchev–Trinajstić information content (AvgIpc) is 2.54. The molecule has 1 unspecified atom stereocenters. The molecule has 0 spiro atoms. The van der Waals surface area contributed by atoms with E-state index in [4.69, 9.17) is 21.1 Å². The zero-order chi connectivity index (χ0) is 16.8. The zero-order valence-electron chi connectivity index (χ0n) is 13.1. The lowest BCUT2D eigenvalue weighted by molar-refractivity contribution is -0.138. The fourth-order valence-electron chi connectivity index (χ4n) is 2.39. The van der Waals surface area contributed by atoms with Crippen LogP contribution in [0.15, 0.2) is 42.5 Å². The summed E-state index contributed by atoms with van der Waals surface area (Å²) in [7, 11) is 1.56. The Morgan fingerprint density at radius 2 is 1.87 bits per heavy atom. The highest BCUT2D eigenvalue weighted by Gasteiger charge is 2.21. The molecule has 2 rings (SSSR count). The largest absolute Gasteiger partial charge is 0.493 e. The van der Waals surface area contributed by atoms with Crippen molar-refractivity contribution in [2.24, 2.45) is 0 Å². The fraction of sp³-hybridized carbons (Fsp3) is 0.278. The maximum Gasteiger partial charge on any atom is 0.311 e. The third kappa shape index (κ3) is 4.39. The smallest absolute Gasteiger partial charge is 0.311 e. The van der Waals surface area contributed by atoms with Crippen LogP contribution in [0.5, 0.6) is 11.5 Å². The van der Waals surface area contributed by atoms with Crippen LogP contribution in [-0.2, 0) is 11.2 Å². The van der Waals surface area contributed by atoms with Crippen molar-refractivity contribution in [3.05, 3.63) is 58.6 Å². The van der Waals surface area contributed by atoms with Gasteiger partial charge in [0.05, 0.1) is 19.6 Å². The van der Waals surface area contributed by atoms with Crippen LogP contribution >= 0.6 is 11.6 Å². The molecule has 1 N–H and O–H groups in total. The van der Waals surface area contributed by atoms with Crippen LogP contribution in [0.4, 0.5) is 0 Å². The molecule has 0 bridgehead atoms. The van der Waals surface area contributed by atoms with E-state index in [1.807, 2.05) is 19.1 Å². The van der Waals surface area contributed by atoms with Crippen LogP contribution in [0.3, 0.4) is 0 Å². The molecule has 0 saturated heterocycles. The van der Waals surface area contributed by atoms with Gasteiger partial charge in [-0.1, -0.05) is 29.8 Å². The van der Waals surface area contributed by atoms with Gasteiger partial charge in [0, 0.05) is 5.02 Å². The Labute approximate surface area is 140 Å². The summed E-state index contributed by atoms with van der Waals surface area (Å²) in [6, 6.07) is 12.4. The number of hydrogen-bond acceptors (Lipinski definition) is 3. The van der Waals surface area contributed by atoms with E-state index in [-0.39, 0.29) is 0 Å². The number of carboxylic acids is 1. The first-order valence-corrected chi connectivity index (χ1v) is 7.71. The molecule has 4 nitrogen and oxygen atoms in total. The standard InChI is InChI=1S/C18H19ClO4/c1-3-23-16-9-4-12(11-17(16)22-2)10-15(18(20)21)13-5-7-14(19)8-6-13/h4-9,11,15H,3,10H2,1-2H3,(H,20,21). The summed E-state index contributed by atoms with van der Waals surface area (Å²) >= 11 is 5.86. The molecule has 0 saturated carbocycles. The Hall–Kier alpha value is -2.20. The van der Waals surface area contributed by atoms with Gasteiger partial charge in [-0.15, -0.1) is 0 Å². The lowest BCUT2D eigenvalue weighted by atomic mass is 9.92. The van der Waals surface area contributed by atoms with Crippen molar-refractivity contribution < 1.29 is 19.4 Å². The summed E-state index contributed by atoms with van der Waals surface area (Å²) in [6.45, 7) is 2.44. The molecule has 2 aromatic rings. The monoisotopic (exact) mass is 334 g/mol. The van der Waals surface area contributed by atoms with Gasteiger partial charge >= 0.3 is 5.97 Å². The van der Waals surface area contributed by atoms with Gasteiger partial charge in [0.25, 0.3) is 0 Å². The van der Waals surface area contributed by atoms with Crippen LogP contribution in [-0.4, -0.2) is 24.8 Å². The van der Waals surface area contributed by atoms with Crippen molar-refractivity contribution in [1.82, 2.24) is 0 Å². The Balaban J connectivity index is 2.26. The van der Waals surface area contributed by atoms with Crippen molar-refractivity contribution >= 4 is 17.6 Å². The van der Waals surface area contributed by atoms with E-state index >= 15 is 0 Å². The minimum Gasteiger partial charge on any atom is -0.493 e. The second-order valence-electron chi connectivity index (χ2n) is 5.06. The third-order valence-corrected chi connectivity index (χ3v) is 3.79. The van der Waals surface area contributed by atoms with Gasteiger partial charge < -0.3 is 14.6 Å². The summed E-state index contributed by atoms with van der Waals surface area (Å²) in [5.41, 5.74) is 1.59. The lowest BCUT2D eigenvalue weighted by Crippen LogP contribution is -2.14. The van der Waals surface area contributed by atoms with Gasteiger partial charge in [0.2, 0.25) is 0 Å². The number of methoxy groups -OCH3 is 1. The van der Waals surface area contributed by atoms with Crippen LogP contribution in [0.2, 0.25) is 5.02 Å². The SMILES string of the molecule is CCOc1ccc(CC(C(=O)O)c2ccc(Cl)cc2)cc1OC. The number of carboxylic acid groups (broad SMARTS) is 1. The highest BCUT2D eigenvalue weighted by Crippen LogP contribution is 2.31. The van der Waals surface area contributed by atoms with Crippen LogP contribution < -0.4 is 9.47 Å². The number of aliphatic carboxylic acids is 1. The first kappa shape index (κ1) is 17.2. The summed E-state index contributed by atoms with van der Waals surface area (Å²) in [5.74, 6) is -0.267. The number of benzene rings is 2. The molecule has 0 aliphatic rings. The van der Waals surface area contributed by atoms with Crippen molar-refractivity contribution in [3.8, 4) is 11.5 Å². The van der Waals surface area contributed by atoms with Gasteiger partial charge in [0.15, 0.2) is 11.5 Å². The summed E-state index contributed by atoms with van der Waals surface area (Å²) in [6.07, 6.45) is 0.361. The second-order valence-corrected chi connectivity index (χ2v) is 5.50. The average molecular weight is 335 g/mol. The van der Waals surface area contributed by atoms with Gasteiger partial charge in [-0.2, -0.15) is 0 Å². The second kappa shape index (κ2) is 7.88. The number of carbonyl (C=O) groups is 1. The number of hydrogen-bond donors (Lipinski definition) is 1. The lowest BCUT2D eigenvalue weighted by Gasteiger charge is -2.15. The Kier molecular flexibility index (Phi) is 5.88. The minimum atomic E-state index is -0.875. The van der Waals surface area contributed by atoms with E-state index in [9.17, 15) is 9.90 Å². The van der Waals surface area contributed by atoms with Crippen molar-refractivity contribution in [2.75, 3.05) is 13.7 Å². The third-order valence-electron chi connectivity index (χ3n) is 3.54. The maximum absolute atomic E-state index is 11.6.